The van der Waals surface area contributed by atoms with Gasteiger partial charge in [-0.25, -0.2) is 0 Å². The molecule has 0 amide bonds. The van der Waals surface area contributed by atoms with Gasteiger partial charge in [0.2, 0.25) is 5.82 Å². The van der Waals surface area contributed by atoms with E-state index < -0.39 is 0 Å². The number of carbonyl (C=O) groups is 1. The van der Waals surface area contributed by atoms with E-state index in [1.807, 2.05) is 36.4 Å². The topological polar surface area (TPSA) is 56.0 Å². The molecule has 0 saturated carbocycles. The molecular formula is C21H13ClN2O2. The molecule has 0 radical (unpaired) electrons. The molecule has 3 aromatic carbocycles. The summed E-state index contributed by atoms with van der Waals surface area (Å²) in [4.78, 5) is 17.3. The summed E-state index contributed by atoms with van der Waals surface area (Å²) in [6.07, 6.45) is 0. The largest absolute Gasteiger partial charge is 0.334 e. The van der Waals surface area contributed by atoms with E-state index in [0.717, 1.165) is 5.56 Å². The molecule has 4 nitrogen and oxygen atoms in total. The SMILES string of the molecule is O=C(c1ccc(Cl)cc1)c1ccccc1-c1nc(-c2ccccc2)no1. The third-order valence-corrected chi connectivity index (χ3v) is 4.22. The predicted octanol–water partition coefficient (Wildman–Crippen LogP) is 5.29. The highest BCUT2D eigenvalue weighted by Crippen LogP contribution is 2.27. The fourth-order valence-corrected chi connectivity index (χ4v) is 2.79. The van der Waals surface area contributed by atoms with E-state index >= 15 is 0 Å². The van der Waals surface area contributed by atoms with Gasteiger partial charge in [-0.1, -0.05) is 65.3 Å². The van der Waals surface area contributed by atoms with Crippen molar-refractivity contribution in [1.82, 2.24) is 10.1 Å². The number of carbonyl (C=O) groups excluding carboxylic acids is 1. The lowest BCUT2D eigenvalue weighted by atomic mass is 9.98. The maximum Gasteiger partial charge on any atom is 0.258 e. The van der Waals surface area contributed by atoms with Crippen molar-refractivity contribution in [2.45, 2.75) is 0 Å². The molecule has 0 atom stereocenters. The summed E-state index contributed by atoms with van der Waals surface area (Å²) in [5.41, 5.74) is 2.49. The lowest BCUT2D eigenvalue weighted by molar-refractivity contribution is 0.103. The highest BCUT2D eigenvalue weighted by atomic mass is 35.5. The standard InChI is InChI=1S/C21H13ClN2O2/c22-16-12-10-14(11-13-16)19(25)17-8-4-5-9-18(17)21-23-20(24-26-21)15-6-2-1-3-7-15/h1-13H. The summed E-state index contributed by atoms with van der Waals surface area (Å²) in [6, 6.07) is 23.5. The highest BCUT2D eigenvalue weighted by Gasteiger charge is 2.19. The Bertz CT molecular complexity index is 1060. The van der Waals surface area contributed by atoms with Crippen molar-refractivity contribution in [3.05, 3.63) is 95.0 Å². The molecule has 1 aromatic heterocycles. The summed E-state index contributed by atoms with van der Waals surface area (Å²) < 4.78 is 5.42. The minimum atomic E-state index is -0.128. The minimum Gasteiger partial charge on any atom is -0.334 e. The highest BCUT2D eigenvalue weighted by molar-refractivity contribution is 6.30. The Kier molecular flexibility index (Phi) is 4.33. The van der Waals surface area contributed by atoms with Crippen molar-refractivity contribution in [3.8, 4) is 22.8 Å². The van der Waals surface area contributed by atoms with E-state index in [9.17, 15) is 4.79 Å². The zero-order valence-electron chi connectivity index (χ0n) is 13.6. The number of hydrogen-bond donors (Lipinski definition) is 0. The molecule has 4 aromatic rings. The van der Waals surface area contributed by atoms with Crippen molar-refractivity contribution in [2.75, 3.05) is 0 Å². The van der Waals surface area contributed by atoms with Gasteiger partial charge in [0.15, 0.2) is 5.78 Å². The first-order valence-electron chi connectivity index (χ1n) is 8.01. The smallest absolute Gasteiger partial charge is 0.258 e. The zero-order chi connectivity index (χ0) is 17.9. The Labute approximate surface area is 155 Å². The van der Waals surface area contributed by atoms with Gasteiger partial charge < -0.3 is 4.52 Å². The van der Waals surface area contributed by atoms with Crippen LogP contribution in [-0.4, -0.2) is 15.9 Å². The average molecular weight is 361 g/mol. The first-order chi connectivity index (χ1) is 12.7. The second-order valence-electron chi connectivity index (χ2n) is 5.67. The zero-order valence-corrected chi connectivity index (χ0v) is 14.4. The first kappa shape index (κ1) is 16.2. The molecule has 26 heavy (non-hydrogen) atoms. The summed E-state index contributed by atoms with van der Waals surface area (Å²) in [5, 5.41) is 4.62. The van der Waals surface area contributed by atoms with Crippen LogP contribution in [0, 0.1) is 0 Å². The van der Waals surface area contributed by atoms with Crippen LogP contribution in [0.1, 0.15) is 15.9 Å². The number of benzene rings is 3. The Morgan fingerprint density at radius 3 is 2.31 bits per heavy atom. The van der Waals surface area contributed by atoms with Crippen LogP contribution in [-0.2, 0) is 0 Å². The van der Waals surface area contributed by atoms with Crippen LogP contribution in [0.25, 0.3) is 22.8 Å². The van der Waals surface area contributed by atoms with Gasteiger partial charge in [0.05, 0.1) is 5.56 Å². The molecule has 0 N–H and O–H groups in total. The van der Waals surface area contributed by atoms with Crippen molar-refractivity contribution in [2.24, 2.45) is 0 Å². The van der Waals surface area contributed by atoms with E-state index in [2.05, 4.69) is 10.1 Å². The third kappa shape index (κ3) is 3.15. The van der Waals surface area contributed by atoms with E-state index in [-0.39, 0.29) is 5.78 Å². The van der Waals surface area contributed by atoms with Gasteiger partial charge >= 0.3 is 0 Å². The molecule has 0 fully saturated rings. The van der Waals surface area contributed by atoms with Crippen LogP contribution >= 0.6 is 11.6 Å². The van der Waals surface area contributed by atoms with Gasteiger partial charge in [-0.05, 0) is 30.3 Å². The van der Waals surface area contributed by atoms with E-state index in [4.69, 9.17) is 16.1 Å². The number of halogens is 1. The average Bonchev–Trinajstić information content (AvgIpc) is 3.19. The molecule has 0 spiro atoms. The molecule has 0 saturated heterocycles. The molecule has 4 rings (SSSR count). The van der Waals surface area contributed by atoms with Crippen LogP contribution in [0.2, 0.25) is 5.02 Å². The summed E-state index contributed by atoms with van der Waals surface area (Å²) in [6.45, 7) is 0. The lowest BCUT2D eigenvalue weighted by Crippen LogP contribution is -2.03. The van der Waals surface area contributed by atoms with Crippen LogP contribution in [0.15, 0.2) is 83.4 Å². The van der Waals surface area contributed by atoms with Crippen LogP contribution in [0.4, 0.5) is 0 Å². The Hall–Kier alpha value is -3.24. The fraction of sp³-hybridized carbons (Fsp3) is 0. The molecule has 126 valence electrons. The number of ketones is 1. The molecule has 0 bridgehead atoms. The van der Waals surface area contributed by atoms with Crippen LogP contribution in [0.5, 0.6) is 0 Å². The third-order valence-electron chi connectivity index (χ3n) is 3.97. The normalized spacial score (nSPS) is 10.7. The molecule has 1 heterocycles. The molecule has 0 unspecified atom stereocenters. The van der Waals surface area contributed by atoms with Gasteiger partial charge in [-0.15, -0.1) is 0 Å². The molecule has 5 heteroatoms. The second-order valence-corrected chi connectivity index (χ2v) is 6.11. The number of hydrogen-bond acceptors (Lipinski definition) is 4. The first-order valence-corrected chi connectivity index (χ1v) is 8.39. The second kappa shape index (κ2) is 6.94. The van der Waals surface area contributed by atoms with Crippen molar-refractivity contribution in [1.29, 1.82) is 0 Å². The summed E-state index contributed by atoms with van der Waals surface area (Å²) >= 11 is 5.91. The van der Waals surface area contributed by atoms with Crippen molar-refractivity contribution < 1.29 is 9.32 Å². The molecule has 0 aliphatic rings. The van der Waals surface area contributed by atoms with Gasteiger partial charge in [-0.3, -0.25) is 4.79 Å². The van der Waals surface area contributed by atoms with Crippen LogP contribution < -0.4 is 0 Å². The van der Waals surface area contributed by atoms with E-state index in [0.29, 0.717) is 33.4 Å². The maximum atomic E-state index is 12.9. The molecular weight excluding hydrogens is 348 g/mol. The van der Waals surface area contributed by atoms with Gasteiger partial charge in [0.1, 0.15) is 0 Å². The summed E-state index contributed by atoms with van der Waals surface area (Å²) in [5.74, 6) is 0.660. The van der Waals surface area contributed by atoms with Gasteiger partial charge in [-0.2, -0.15) is 4.98 Å². The Morgan fingerprint density at radius 2 is 1.54 bits per heavy atom. The molecule has 0 aliphatic heterocycles. The van der Waals surface area contributed by atoms with E-state index in [1.165, 1.54) is 0 Å². The Morgan fingerprint density at radius 1 is 0.846 bits per heavy atom. The lowest BCUT2D eigenvalue weighted by Gasteiger charge is -2.05. The number of aromatic nitrogens is 2. The number of nitrogens with zero attached hydrogens (tertiary/aromatic N) is 2. The molecule has 0 aliphatic carbocycles. The Balaban J connectivity index is 1.74. The quantitative estimate of drug-likeness (QED) is 0.464. The van der Waals surface area contributed by atoms with E-state index in [1.54, 1.807) is 42.5 Å². The minimum absolute atomic E-state index is 0.128. The summed E-state index contributed by atoms with van der Waals surface area (Å²) in [7, 11) is 0. The number of rotatable bonds is 4. The van der Waals surface area contributed by atoms with Crippen molar-refractivity contribution >= 4 is 17.4 Å². The monoisotopic (exact) mass is 360 g/mol. The van der Waals surface area contributed by atoms with Crippen molar-refractivity contribution in [3.63, 3.8) is 0 Å². The predicted molar refractivity (Wildman–Crippen MR) is 100 cm³/mol. The van der Waals surface area contributed by atoms with Crippen LogP contribution in [0.3, 0.4) is 0 Å². The van der Waals surface area contributed by atoms with Gasteiger partial charge in [0.25, 0.3) is 5.89 Å². The fourth-order valence-electron chi connectivity index (χ4n) is 2.66. The maximum absolute atomic E-state index is 12.9. The van der Waals surface area contributed by atoms with Gasteiger partial charge in [0, 0.05) is 21.7 Å².